The number of rotatable bonds is 5. The number of carbonyl (C=O) groups is 2. The lowest BCUT2D eigenvalue weighted by Crippen LogP contribution is -2.46. The third-order valence-corrected chi connectivity index (χ3v) is 4.89. The maximum atomic E-state index is 13.7. The average molecular weight is 396 g/mol. The van der Waals surface area contributed by atoms with Crippen LogP contribution in [0.5, 0.6) is 5.75 Å². The van der Waals surface area contributed by atoms with E-state index in [0.717, 1.165) is 12.1 Å². The molecule has 0 aliphatic carbocycles. The summed E-state index contributed by atoms with van der Waals surface area (Å²) in [7, 11) is 0. The average Bonchev–Trinajstić information content (AvgIpc) is 3.13. The molecule has 0 aromatic heterocycles. The Balaban J connectivity index is 1.62. The molecular formula is C18H15F3N2O3S. The van der Waals surface area contributed by atoms with Crippen LogP contribution in [0.2, 0.25) is 0 Å². The van der Waals surface area contributed by atoms with Gasteiger partial charge in [-0.15, -0.1) is 11.8 Å². The van der Waals surface area contributed by atoms with Crippen LogP contribution in [0.3, 0.4) is 0 Å². The number of hydrogen-bond donors (Lipinski definition) is 1. The van der Waals surface area contributed by atoms with Crippen molar-refractivity contribution in [2.75, 3.05) is 23.6 Å². The van der Waals surface area contributed by atoms with Gasteiger partial charge in [0.25, 0.3) is 5.91 Å². The van der Waals surface area contributed by atoms with Crippen LogP contribution in [0.15, 0.2) is 42.5 Å². The van der Waals surface area contributed by atoms with Crippen LogP contribution in [-0.4, -0.2) is 41.0 Å². The van der Waals surface area contributed by atoms with E-state index in [1.807, 2.05) is 0 Å². The molecule has 1 saturated heterocycles. The summed E-state index contributed by atoms with van der Waals surface area (Å²) in [5.41, 5.74) is 0.0245. The Hall–Kier alpha value is -2.68. The number of para-hydroxylation sites is 1. The van der Waals surface area contributed by atoms with Crippen LogP contribution in [-0.2, 0) is 9.59 Å². The predicted octanol–water partition coefficient (Wildman–Crippen LogP) is 3.02. The zero-order valence-electron chi connectivity index (χ0n) is 14.0. The highest BCUT2D eigenvalue weighted by Crippen LogP contribution is 2.24. The molecule has 1 aliphatic rings. The van der Waals surface area contributed by atoms with Crippen molar-refractivity contribution in [3.63, 3.8) is 0 Å². The first-order valence-corrected chi connectivity index (χ1v) is 9.11. The molecule has 0 radical (unpaired) electrons. The Kier molecular flexibility index (Phi) is 5.90. The number of nitrogens with one attached hydrogen (secondary N) is 1. The minimum atomic E-state index is -0.924. The molecule has 1 aliphatic heterocycles. The highest BCUT2D eigenvalue weighted by molar-refractivity contribution is 7.99. The normalized spacial score (nSPS) is 16.3. The summed E-state index contributed by atoms with van der Waals surface area (Å²) < 4.78 is 45.2. The molecule has 0 spiro atoms. The fraction of sp³-hybridized carbons (Fsp3) is 0.222. The second kappa shape index (κ2) is 8.34. The van der Waals surface area contributed by atoms with E-state index in [0.29, 0.717) is 11.8 Å². The maximum absolute atomic E-state index is 13.7. The standard InChI is InChI=1S/C18H15F3N2O3S/c19-11-5-6-16(13(21)7-11)26-8-17(24)23-10-27-9-15(23)18(25)22-14-4-2-1-3-12(14)20/h1-7,15H,8-10H2,(H,22,25). The Bertz CT molecular complexity index is 865. The SMILES string of the molecule is O=C(Nc1ccccc1F)C1CSCN1C(=O)COc1ccc(F)cc1F. The van der Waals surface area contributed by atoms with E-state index in [1.165, 1.54) is 34.9 Å². The topological polar surface area (TPSA) is 58.6 Å². The van der Waals surface area contributed by atoms with Gasteiger partial charge in [0.05, 0.1) is 11.6 Å². The van der Waals surface area contributed by atoms with E-state index in [4.69, 9.17) is 4.74 Å². The zero-order chi connectivity index (χ0) is 19.4. The summed E-state index contributed by atoms with van der Waals surface area (Å²) >= 11 is 1.36. The van der Waals surface area contributed by atoms with Crippen LogP contribution in [0.4, 0.5) is 18.9 Å². The van der Waals surface area contributed by atoms with Crippen molar-refractivity contribution in [1.82, 2.24) is 4.90 Å². The van der Waals surface area contributed by atoms with Crippen molar-refractivity contribution in [2.45, 2.75) is 6.04 Å². The van der Waals surface area contributed by atoms with Crippen LogP contribution in [0.1, 0.15) is 0 Å². The van der Waals surface area contributed by atoms with E-state index in [2.05, 4.69) is 5.32 Å². The number of ether oxygens (including phenoxy) is 1. The summed E-state index contributed by atoms with van der Waals surface area (Å²) in [6.45, 7) is -0.507. The number of amides is 2. The van der Waals surface area contributed by atoms with Crippen molar-refractivity contribution >= 4 is 29.3 Å². The van der Waals surface area contributed by atoms with Gasteiger partial charge < -0.3 is 15.0 Å². The summed E-state index contributed by atoms with van der Waals surface area (Å²) in [4.78, 5) is 26.1. The first kappa shape index (κ1) is 19.1. The first-order chi connectivity index (χ1) is 13.0. The molecule has 2 aromatic rings. The molecule has 3 rings (SSSR count). The van der Waals surface area contributed by atoms with Gasteiger partial charge in [0.1, 0.15) is 17.7 Å². The first-order valence-electron chi connectivity index (χ1n) is 7.96. The maximum Gasteiger partial charge on any atom is 0.261 e. The number of thioether (sulfide) groups is 1. The fourth-order valence-electron chi connectivity index (χ4n) is 2.50. The number of benzene rings is 2. The summed E-state index contributed by atoms with van der Waals surface area (Å²) in [5.74, 6) is -2.97. The molecule has 1 fully saturated rings. The summed E-state index contributed by atoms with van der Waals surface area (Å²) in [5, 5.41) is 2.46. The monoisotopic (exact) mass is 396 g/mol. The van der Waals surface area contributed by atoms with E-state index < -0.39 is 41.9 Å². The van der Waals surface area contributed by atoms with E-state index >= 15 is 0 Å². The van der Waals surface area contributed by atoms with Gasteiger partial charge in [-0.1, -0.05) is 12.1 Å². The van der Waals surface area contributed by atoms with Crippen molar-refractivity contribution in [2.24, 2.45) is 0 Å². The van der Waals surface area contributed by atoms with Crippen LogP contribution in [0, 0.1) is 17.5 Å². The quantitative estimate of drug-likeness (QED) is 0.844. The molecule has 0 bridgehead atoms. The van der Waals surface area contributed by atoms with Crippen molar-refractivity contribution in [3.05, 3.63) is 59.9 Å². The number of carbonyl (C=O) groups excluding carboxylic acids is 2. The molecule has 1 unspecified atom stereocenters. The minimum absolute atomic E-state index is 0.0245. The molecule has 27 heavy (non-hydrogen) atoms. The van der Waals surface area contributed by atoms with Gasteiger partial charge in [0.2, 0.25) is 5.91 Å². The summed E-state index contributed by atoms with van der Waals surface area (Å²) in [6, 6.07) is 7.65. The number of nitrogens with zero attached hydrogens (tertiary/aromatic N) is 1. The molecule has 2 aromatic carbocycles. The molecule has 1 N–H and O–H groups in total. The van der Waals surface area contributed by atoms with Gasteiger partial charge in [-0.25, -0.2) is 13.2 Å². The summed E-state index contributed by atoms with van der Waals surface area (Å²) in [6.07, 6.45) is 0. The van der Waals surface area contributed by atoms with Crippen molar-refractivity contribution < 1.29 is 27.5 Å². The van der Waals surface area contributed by atoms with Crippen molar-refractivity contribution in [3.8, 4) is 5.75 Å². The molecule has 1 atom stereocenters. The van der Waals surface area contributed by atoms with E-state index in [9.17, 15) is 22.8 Å². The molecule has 142 valence electrons. The molecule has 5 nitrogen and oxygen atoms in total. The largest absolute Gasteiger partial charge is 0.481 e. The fourth-order valence-corrected chi connectivity index (χ4v) is 3.68. The van der Waals surface area contributed by atoms with Gasteiger partial charge in [0.15, 0.2) is 18.2 Å². The van der Waals surface area contributed by atoms with Gasteiger partial charge in [0, 0.05) is 11.8 Å². The third-order valence-electron chi connectivity index (χ3n) is 3.88. The molecule has 9 heteroatoms. The highest BCUT2D eigenvalue weighted by atomic mass is 32.2. The predicted molar refractivity (Wildman–Crippen MR) is 94.8 cm³/mol. The Morgan fingerprint density at radius 2 is 1.93 bits per heavy atom. The van der Waals surface area contributed by atoms with E-state index in [-0.39, 0.29) is 17.3 Å². The molecule has 1 heterocycles. The van der Waals surface area contributed by atoms with Gasteiger partial charge in [-0.05, 0) is 24.3 Å². The zero-order valence-corrected chi connectivity index (χ0v) is 14.8. The Morgan fingerprint density at radius 1 is 1.15 bits per heavy atom. The van der Waals surface area contributed by atoms with Crippen LogP contribution >= 0.6 is 11.8 Å². The molecular weight excluding hydrogens is 381 g/mol. The third kappa shape index (κ3) is 4.54. The highest BCUT2D eigenvalue weighted by Gasteiger charge is 2.35. The second-order valence-electron chi connectivity index (χ2n) is 5.71. The Labute approximate surface area is 157 Å². The van der Waals surface area contributed by atoms with Crippen LogP contribution < -0.4 is 10.1 Å². The number of anilines is 1. The van der Waals surface area contributed by atoms with Gasteiger partial charge >= 0.3 is 0 Å². The minimum Gasteiger partial charge on any atom is -0.481 e. The Morgan fingerprint density at radius 3 is 2.67 bits per heavy atom. The lowest BCUT2D eigenvalue weighted by Gasteiger charge is -2.23. The van der Waals surface area contributed by atoms with Crippen molar-refractivity contribution in [1.29, 1.82) is 0 Å². The van der Waals surface area contributed by atoms with Gasteiger partial charge in [-0.3, -0.25) is 9.59 Å². The van der Waals surface area contributed by atoms with E-state index in [1.54, 1.807) is 6.07 Å². The lowest BCUT2D eigenvalue weighted by molar-refractivity contribution is -0.137. The van der Waals surface area contributed by atoms with Gasteiger partial charge in [-0.2, -0.15) is 0 Å². The number of hydrogen-bond acceptors (Lipinski definition) is 4. The number of halogens is 3. The lowest BCUT2D eigenvalue weighted by atomic mass is 10.2. The molecule has 2 amide bonds. The second-order valence-corrected chi connectivity index (χ2v) is 6.71. The smallest absolute Gasteiger partial charge is 0.261 e. The van der Waals surface area contributed by atoms with Crippen LogP contribution in [0.25, 0.3) is 0 Å². The molecule has 0 saturated carbocycles.